The van der Waals surface area contributed by atoms with E-state index in [0.29, 0.717) is 39.5 Å². The van der Waals surface area contributed by atoms with Crippen LogP contribution in [0.25, 0.3) is 94.5 Å². The maximum atomic E-state index is 10.3. The van der Waals surface area contributed by atoms with Gasteiger partial charge in [0.2, 0.25) is 0 Å². The van der Waals surface area contributed by atoms with Crippen molar-refractivity contribution in [1.29, 1.82) is 0 Å². The zero-order valence-corrected chi connectivity index (χ0v) is 44.6. The van der Waals surface area contributed by atoms with E-state index in [4.69, 9.17) is 17.9 Å². The SMILES string of the molecule is [2H]c1c([2H])c([2H])c(-c2c([2H])c(-c3cccc(-c4cc(C(C)(C)C)cc(C(C)(C)C)c4)c3-[n+]3[c-]n(-c4cccc(Oc5ccc6c7ccccc7n(-c7cc(C(C)(C)C)ccn7)c6c5)c4)c4ccccc43)c([2H])c(-c3c([2H])c([2H])c([2H])c([2H])c3[2H])c2[2H])c([2H])c1[2H]. The Morgan fingerprint density at radius 2 is 1.04 bits per heavy atom. The fourth-order valence-corrected chi connectivity index (χ4v) is 9.98. The Morgan fingerprint density at radius 3 is 1.70 bits per heavy atom. The average Bonchev–Trinajstić information content (AvgIpc) is 0.908. The number of pyridine rings is 1. The van der Waals surface area contributed by atoms with Crippen molar-refractivity contribution < 1.29 is 27.1 Å². The number of hydrogen-bond donors (Lipinski definition) is 0. The van der Waals surface area contributed by atoms with Crippen LogP contribution >= 0.6 is 0 Å². The molecule has 12 aromatic rings. The summed E-state index contributed by atoms with van der Waals surface area (Å²) < 4.78 is 132. The maximum absolute atomic E-state index is 10.3. The van der Waals surface area contributed by atoms with Gasteiger partial charge in [-0.05, 0) is 144 Å². The molecule has 0 aliphatic rings. The third-order valence-corrected chi connectivity index (χ3v) is 14.1. The van der Waals surface area contributed by atoms with E-state index in [0.717, 1.165) is 49.9 Å². The Kier molecular flexibility index (Phi) is 8.98. The van der Waals surface area contributed by atoms with Crippen molar-refractivity contribution in [1.82, 2.24) is 14.1 Å². The Hall–Kier alpha value is -8.80. The zero-order chi connectivity index (χ0) is 64.5. The monoisotopic (exact) mass is 1010 g/mol. The van der Waals surface area contributed by atoms with E-state index in [2.05, 4.69) is 122 Å². The lowest BCUT2D eigenvalue weighted by Gasteiger charge is -2.27. The van der Waals surface area contributed by atoms with E-state index < -0.39 is 101 Å². The predicted molar refractivity (Wildman–Crippen MR) is 320 cm³/mol. The molecule has 12 rings (SSSR count). The molecule has 5 nitrogen and oxygen atoms in total. The van der Waals surface area contributed by atoms with Gasteiger partial charge in [-0.15, -0.1) is 0 Å². The largest absolute Gasteiger partial charge is 0.458 e. The molecule has 9 aromatic carbocycles. The van der Waals surface area contributed by atoms with Crippen LogP contribution in [0, 0.1) is 6.33 Å². The predicted octanol–water partition coefficient (Wildman–Crippen LogP) is 18.6. The fraction of sp³-hybridized carbons (Fsp3) is 0.167. The highest BCUT2D eigenvalue weighted by atomic mass is 16.5. The van der Waals surface area contributed by atoms with E-state index in [1.54, 1.807) is 12.1 Å². The molecule has 0 unspecified atom stereocenters. The van der Waals surface area contributed by atoms with Crippen LogP contribution in [0.4, 0.5) is 0 Å². The number of benzene rings is 9. The average molecular weight is 1010 g/mol. The molecule has 77 heavy (non-hydrogen) atoms. The van der Waals surface area contributed by atoms with Gasteiger partial charge in [0.15, 0.2) is 0 Å². The highest BCUT2D eigenvalue weighted by Gasteiger charge is 2.26. The molecule has 0 saturated carbocycles. The van der Waals surface area contributed by atoms with Gasteiger partial charge < -0.3 is 4.74 Å². The molecule has 0 amide bonds. The first-order valence-corrected chi connectivity index (χ1v) is 25.8. The molecule has 0 radical (unpaired) electrons. The van der Waals surface area contributed by atoms with Gasteiger partial charge in [0.1, 0.15) is 17.3 Å². The molecule has 5 heteroatoms. The number of nitrogens with zero attached hydrogens (tertiary/aromatic N) is 4. The standard InChI is InChI=1S/C72H64N4O/c1-70(2,3)54-36-37-73-68(44-54)76-64-31-17-16-28-62(64)63-35-34-59(46-67(63)76)77-58-27-20-26-57(45-58)74-47-75(66-33-19-18-32-65(66)74)69-60(29-21-30-61(69)53-41-55(71(4,5)6)43-56(42-53)72(7,8)9)52-39-50(48-22-12-10-13-23-48)38-51(40-52)49-24-14-11-15-25-49/h10-46H,1-9H3/i10D,11D,12D,13D,14D,15D,22D,23D,24D,25D,38D,39D,40D. The van der Waals surface area contributed by atoms with Crippen LogP contribution in [0.1, 0.15) is 96.8 Å². The molecule has 0 saturated heterocycles. The van der Waals surface area contributed by atoms with E-state index in [9.17, 15) is 9.60 Å². The molecule has 0 atom stereocenters. The number of aromatic nitrogens is 4. The number of para-hydroxylation sites is 4. The molecule has 378 valence electrons. The van der Waals surface area contributed by atoms with Gasteiger partial charge in [-0.1, -0.05) is 208 Å². The second-order valence-electron chi connectivity index (χ2n) is 22.5. The van der Waals surface area contributed by atoms with Crippen molar-refractivity contribution in [2.75, 3.05) is 0 Å². The summed E-state index contributed by atoms with van der Waals surface area (Å²) in [6.45, 7) is 19.3. The highest BCUT2D eigenvalue weighted by Crippen LogP contribution is 2.42. The number of ether oxygens (including phenoxy) is 1. The molecule has 3 heterocycles. The third-order valence-electron chi connectivity index (χ3n) is 14.1. The summed E-state index contributed by atoms with van der Waals surface area (Å²) in [5, 5.41) is 2.11. The normalized spacial score (nSPS) is 14.6. The first-order valence-electron chi connectivity index (χ1n) is 32.3. The van der Waals surface area contributed by atoms with Gasteiger partial charge in [-0.25, -0.2) is 4.98 Å². The minimum Gasteiger partial charge on any atom is -0.458 e. The molecule has 0 fully saturated rings. The first kappa shape index (κ1) is 36.2. The minimum atomic E-state index is -0.741. The topological polar surface area (TPSA) is 35.9 Å². The van der Waals surface area contributed by atoms with Crippen molar-refractivity contribution in [2.24, 2.45) is 0 Å². The lowest BCUT2D eigenvalue weighted by molar-refractivity contribution is -0.571. The summed E-state index contributed by atoms with van der Waals surface area (Å²) >= 11 is 0. The molecule has 0 N–H and O–H groups in total. The number of imidazole rings is 1. The van der Waals surface area contributed by atoms with Crippen LogP contribution in [0.5, 0.6) is 11.5 Å². The van der Waals surface area contributed by atoms with Crippen LogP contribution in [0.3, 0.4) is 0 Å². The van der Waals surface area contributed by atoms with Gasteiger partial charge >= 0.3 is 0 Å². The van der Waals surface area contributed by atoms with E-state index >= 15 is 0 Å². The van der Waals surface area contributed by atoms with Crippen molar-refractivity contribution in [3.05, 3.63) is 247 Å². The quantitative estimate of drug-likeness (QED) is 0.107. The fourth-order valence-electron chi connectivity index (χ4n) is 9.98. The summed E-state index contributed by atoms with van der Waals surface area (Å²) in [5.74, 6) is 1.89. The first-order chi connectivity index (χ1) is 42.5. The van der Waals surface area contributed by atoms with Crippen LogP contribution < -0.4 is 9.30 Å². The Balaban J connectivity index is 1.12. The second kappa shape index (κ2) is 19.1. The molecule has 3 aromatic heterocycles. The third kappa shape index (κ3) is 9.41. The zero-order valence-electron chi connectivity index (χ0n) is 57.6. The minimum absolute atomic E-state index is 0.113. The van der Waals surface area contributed by atoms with Crippen LogP contribution in [-0.2, 0) is 16.2 Å². The molecular weight excluding hydrogens is 937 g/mol. The Morgan fingerprint density at radius 1 is 0.468 bits per heavy atom. The van der Waals surface area contributed by atoms with E-state index in [1.807, 2.05) is 94.2 Å². The van der Waals surface area contributed by atoms with Crippen molar-refractivity contribution in [3.63, 3.8) is 0 Å². The van der Waals surface area contributed by atoms with E-state index in [1.165, 1.54) is 0 Å². The number of rotatable bonds is 9. The lowest BCUT2D eigenvalue weighted by Crippen LogP contribution is -2.31. The van der Waals surface area contributed by atoms with Gasteiger partial charge in [-0.2, -0.15) is 0 Å². The number of fused-ring (bicyclic) bond motifs is 4. The summed E-state index contributed by atoms with van der Waals surface area (Å²) in [4.78, 5) is 4.87. The van der Waals surface area contributed by atoms with Crippen LogP contribution in [0.2, 0.25) is 0 Å². The van der Waals surface area contributed by atoms with E-state index in [-0.39, 0.29) is 27.4 Å². The van der Waals surface area contributed by atoms with Crippen LogP contribution in [0.15, 0.2) is 224 Å². The summed E-state index contributed by atoms with van der Waals surface area (Å²) in [6.07, 6.45) is 5.52. The van der Waals surface area contributed by atoms with Crippen molar-refractivity contribution >= 4 is 32.8 Å². The number of hydrogen-bond acceptors (Lipinski definition) is 2. The van der Waals surface area contributed by atoms with Gasteiger partial charge in [0.25, 0.3) is 6.33 Å². The summed E-state index contributed by atoms with van der Waals surface area (Å²) in [7, 11) is 0. The van der Waals surface area contributed by atoms with Crippen molar-refractivity contribution in [3.8, 4) is 73.2 Å². The summed E-state index contributed by atoms with van der Waals surface area (Å²) in [6, 6.07) is 36.4. The van der Waals surface area contributed by atoms with Crippen molar-refractivity contribution in [2.45, 2.75) is 78.6 Å². The summed E-state index contributed by atoms with van der Waals surface area (Å²) in [5.41, 5.74) is 5.94. The maximum Gasteiger partial charge on any atom is 0.269 e. The lowest BCUT2D eigenvalue weighted by atomic mass is 9.78. The second-order valence-corrected chi connectivity index (χ2v) is 22.5. The molecule has 0 aliphatic carbocycles. The smallest absolute Gasteiger partial charge is 0.269 e. The van der Waals surface area contributed by atoms with Gasteiger partial charge in [0.05, 0.1) is 51.3 Å². The molecule has 0 spiro atoms. The highest BCUT2D eigenvalue weighted by molar-refractivity contribution is 6.09. The Labute approximate surface area is 471 Å². The molecule has 0 aliphatic heterocycles. The Bertz CT molecular complexity index is 4800. The molecule has 0 bridgehead atoms. The van der Waals surface area contributed by atoms with Crippen LogP contribution in [-0.4, -0.2) is 14.1 Å². The van der Waals surface area contributed by atoms with Gasteiger partial charge in [-0.3, -0.25) is 13.7 Å². The van der Waals surface area contributed by atoms with Gasteiger partial charge in [0, 0.05) is 23.0 Å². The molecular formula is C72H64N4O.